The lowest BCUT2D eigenvalue weighted by atomic mass is 10.1. The van der Waals surface area contributed by atoms with E-state index in [4.69, 9.17) is 5.11 Å². The molecule has 0 saturated carbocycles. The lowest BCUT2D eigenvalue weighted by Gasteiger charge is -2.05. The first-order valence-corrected chi connectivity index (χ1v) is 8.33. The molecule has 0 aliphatic carbocycles. The summed E-state index contributed by atoms with van der Waals surface area (Å²) < 4.78 is 16.8. The number of benzene rings is 2. The van der Waals surface area contributed by atoms with Crippen molar-refractivity contribution in [2.24, 2.45) is 0 Å². The molecule has 0 spiro atoms. The number of ether oxygens (including phenoxy) is 1. The zero-order valence-electron chi connectivity index (χ0n) is 12.5. The second-order valence-corrected chi connectivity index (χ2v) is 6.38. The number of aromatic carboxylic acids is 1. The summed E-state index contributed by atoms with van der Waals surface area (Å²) in [7, 11) is 0.144. The Bertz CT molecular complexity index is 737. The molecular formula is C17H16O5S. The maximum Gasteiger partial charge on any atom is 0.337 e. The fraction of sp³-hybridized carbons (Fsp3) is 0.176. The summed E-state index contributed by atoms with van der Waals surface area (Å²) in [6.07, 6.45) is 0. The summed E-state index contributed by atoms with van der Waals surface area (Å²) >= 11 is 0. The molecule has 1 N–H and O–H groups in total. The minimum absolute atomic E-state index is 0.182. The molecular weight excluding hydrogens is 316 g/mol. The van der Waals surface area contributed by atoms with Crippen LogP contribution >= 0.6 is 0 Å². The molecule has 23 heavy (non-hydrogen) atoms. The van der Waals surface area contributed by atoms with Crippen molar-refractivity contribution in [2.45, 2.75) is 11.5 Å². The predicted octanol–water partition coefficient (Wildman–Crippen LogP) is 2.62. The molecule has 0 radical (unpaired) electrons. The standard InChI is InChI=1S/C17H16O5S/c1-22-17(20)14-7-5-12(6-8-14)10-23(21)11-13-3-2-4-15(9-13)16(18)19/h2-9H,10-11H2,1H3,(H,18,19). The third kappa shape index (κ3) is 4.75. The van der Waals surface area contributed by atoms with Gasteiger partial charge < -0.3 is 9.84 Å². The van der Waals surface area contributed by atoms with Gasteiger partial charge in [-0.1, -0.05) is 24.3 Å². The van der Waals surface area contributed by atoms with Crippen LogP contribution in [0.5, 0.6) is 0 Å². The first-order chi connectivity index (χ1) is 11.0. The molecule has 0 aliphatic rings. The second kappa shape index (κ2) is 7.69. The lowest BCUT2D eigenvalue weighted by molar-refractivity contribution is 0.0599. The molecule has 0 aliphatic heterocycles. The molecule has 1 atom stereocenters. The molecule has 0 fully saturated rings. The third-order valence-corrected chi connectivity index (χ3v) is 4.51. The number of hydrogen-bond acceptors (Lipinski definition) is 4. The SMILES string of the molecule is COC(=O)c1ccc(CS(=O)Cc2cccc(C(=O)O)c2)cc1. The van der Waals surface area contributed by atoms with Crippen LogP contribution in [0.25, 0.3) is 0 Å². The first kappa shape index (κ1) is 16.9. The Labute approximate surface area is 136 Å². The highest BCUT2D eigenvalue weighted by Crippen LogP contribution is 2.12. The van der Waals surface area contributed by atoms with Gasteiger partial charge in [-0.05, 0) is 35.4 Å². The highest BCUT2D eigenvalue weighted by molar-refractivity contribution is 7.83. The molecule has 0 heterocycles. The molecule has 2 aromatic rings. The van der Waals surface area contributed by atoms with E-state index in [-0.39, 0.29) is 11.3 Å². The maximum atomic E-state index is 12.2. The molecule has 0 saturated heterocycles. The molecule has 0 bridgehead atoms. The van der Waals surface area contributed by atoms with Crippen molar-refractivity contribution in [1.82, 2.24) is 0 Å². The van der Waals surface area contributed by atoms with E-state index < -0.39 is 22.7 Å². The fourth-order valence-corrected chi connectivity index (χ4v) is 3.29. The van der Waals surface area contributed by atoms with Gasteiger partial charge in [0, 0.05) is 22.3 Å². The minimum Gasteiger partial charge on any atom is -0.478 e. The summed E-state index contributed by atoms with van der Waals surface area (Å²) in [6.45, 7) is 0. The van der Waals surface area contributed by atoms with Crippen LogP contribution < -0.4 is 0 Å². The molecule has 2 rings (SSSR count). The van der Waals surface area contributed by atoms with Crippen LogP contribution in [-0.4, -0.2) is 28.4 Å². The Morgan fingerprint density at radius 1 is 1.00 bits per heavy atom. The number of rotatable bonds is 6. The van der Waals surface area contributed by atoms with E-state index in [2.05, 4.69) is 4.74 Å². The van der Waals surface area contributed by atoms with E-state index in [1.165, 1.54) is 19.2 Å². The van der Waals surface area contributed by atoms with Gasteiger partial charge in [-0.3, -0.25) is 4.21 Å². The third-order valence-electron chi connectivity index (χ3n) is 3.20. The van der Waals surface area contributed by atoms with Gasteiger partial charge in [0.1, 0.15) is 0 Å². The first-order valence-electron chi connectivity index (χ1n) is 6.84. The van der Waals surface area contributed by atoms with Crippen LogP contribution in [0.1, 0.15) is 31.8 Å². The summed E-state index contributed by atoms with van der Waals surface area (Å²) in [5.74, 6) is -0.808. The zero-order valence-corrected chi connectivity index (χ0v) is 13.3. The van der Waals surface area contributed by atoms with Crippen molar-refractivity contribution in [3.8, 4) is 0 Å². The maximum absolute atomic E-state index is 12.2. The Kier molecular flexibility index (Phi) is 5.65. The monoisotopic (exact) mass is 332 g/mol. The molecule has 120 valence electrons. The summed E-state index contributed by atoms with van der Waals surface area (Å²) in [5, 5.41) is 8.96. The number of esters is 1. The summed E-state index contributed by atoms with van der Waals surface area (Å²) in [4.78, 5) is 22.3. The van der Waals surface area contributed by atoms with Crippen LogP contribution in [-0.2, 0) is 27.0 Å². The normalized spacial score (nSPS) is 11.7. The van der Waals surface area contributed by atoms with E-state index in [1.54, 1.807) is 36.4 Å². The van der Waals surface area contributed by atoms with E-state index in [9.17, 15) is 13.8 Å². The van der Waals surface area contributed by atoms with Gasteiger partial charge in [0.05, 0.1) is 18.2 Å². The van der Waals surface area contributed by atoms with Crippen LogP contribution in [0, 0.1) is 0 Å². The van der Waals surface area contributed by atoms with Gasteiger partial charge in [-0.15, -0.1) is 0 Å². The van der Waals surface area contributed by atoms with Gasteiger partial charge in [0.2, 0.25) is 0 Å². The van der Waals surface area contributed by atoms with Gasteiger partial charge >= 0.3 is 11.9 Å². The van der Waals surface area contributed by atoms with Gasteiger partial charge in [0.25, 0.3) is 0 Å². The Morgan fingerprint density at radius 2 is 1.65 bits per heavy atom. The Hall–Kier alpha value is -2.47. The minimum atomic E-state index is -1.17. The van der Waals surface area contributed by atoms with Gasteiger partial charge in [0.15, 0.2) is 0 Å². The zero-order chi connectivity index (χ0) is 16.8. The molecule has 2 aromatic carbocycles. The van der Waals surface area contributed by atoms with Gasteiger partial charge in [-0.2, -0.15) is 0 Å². The molecule has 0 amide bonds. The van der Waals surface area contributed by atoms with Crippen molar-refractivity contribution >= 4 is 22.7 Å². The van der Waals surface area contributed by atoms with Crippen molar-refractivity contribution in [3.05, 3.63) is 70.8 Å². The van der Waals surface area contributed by atoms with Crippen molar-refractivity contribution in [1.29, 1.82) is 0 Å². The second-order valence-electron chi connectivity index (χ2n) is 4.92. The van der Waals surface area contributed by atoms with E-state index in [1.807, 2.05) is 0 Å². The Morgan fingerprint density at radius 3 is 2.26 bits per heavy atom. The van der Waals surface area contributed by atoms with Crippen LogP contribution in [0.4, 0.5) is 0 Å². The number of carbonyl (C=O) groups is 2. The van der Waals surface area contributed by atoms with E-state index in [0.717, 1.165) is 11.1 Å². The summed E-state index contributed by atoms with van der Waals surface area (Å²) in [6, 6.07) is 13.1. The highest BCUT2D eigenvalue weighted by Gasteiger charge is 2.09. The van der Waals surface area contributed by atoms with E-state index in [0.29, 0.717) is 11.3 Å². The van der Waals surface area contributed by atoms with Crippen molar-refractivity contribution in [3.63, 3.8) is 0 Å². The smallest absolute Gasteiger partial charge is 0.337 e. The average Bonchev–Trinajstić information content (AvgIpc) is 2.55. The van der Waals surface area contributed by atoms with Crippen molar-refractivity contribution < 1.29 is 23.6 Å². The fourth-order valence-electron chi connectivity index (χ4n) is 2.07. The van der Waals surface area contributed by atoms with Crippen LogP contribution in [0.3, 0.4) is 0 Å². The van der Waals surface area contributed by atoms with Crippen LogP contribution in [0.2, 0.25) is 0 Å². The lowest BCUT2D eigenvalue weighted by Crippen LogP contribution is -2.03. The Balaban J connectivity index is 2.01. The van der Waals surface area contributed by atoms with Crippen molar-refractivity contribution in [2.75, 3.05) is 7.11 Å². The predicted molar refractivity (Wildman–Crippen MR) is 86.7 cm³/mol. The average molecular weight is 332 g/mol. The molecule has 5 nitrogen and oxygen atoms in total. The number of carboxylic acids is 1. The number of carboxylic acid groups (broad SMARTS) is 1. The number of hydrogen-bond donors (Lipinski definition) is 1. The largest absolute Gasteiger partial charge is 0.478 e. The van der Waals surface area contributed by atoms with Crippen LogP contribution in [0.15, 0.2) is 48.5 Å². The summed E-state index contributed by atoms with van der Waals surface area (Å²) in [5.41, 5.74) is 2.18. The molecule has 1 unspecified atom stereocenters. The highest BCUT2D eigenvalue weighted by atomic mass is 32.2. The quantitative estimate of drug-likeness (QED) is 0.823. The number of methoxy groups -OCH3 is 1. The van der Waals surface area contributed by atoms with E-state index >= 15 is 0 Å². The topological polar surface area (TPSA) is 80.7 Å². The van der Waals surface area contributed by atoms with Gasteiger partial charge in [-0.25, -0.2) is 9.59 Å². The number of carbonyl (C=O) groups excluding carboxylic acids is 1. The molecule has 0 aromatic heterocycles. The molecule has 6 heteroatoms.